The van der Waals surface area contributed by atoms with E-state index in [1.165, 1.54) is 19.2 Å². The van der Waals surface area contributed by atoms with Gasteiger partial charge in [0.15, 0.2) is 17.6 Å². The molecular formula is C16H20O10. The van der Waals surface area contributed by atoms with Crippen LogP contribution in [0, 0.1) is 0 Å². The number of rotatable bonds is 7. The molecule has 0 bridgehead atoms. The summed E-state index contributed by atoms with van der Waals surface area (Å²) in [6, 6.07) is 4.61. The van der Waals surface area contributed by atoms with Gasteiger partial charge in [0.2, 0.25) is 6.29 Å². The van der Waals surface area contributed by atoms with Crippen LogP contribution in [0.1, 0.15) is 12.0 Å². The molecule has 26 heavy (non-hydrogen) atoms. The molecular weight excluding hydrogens is 352 g/mol. The quantitative estimate of drug-likeness (QED) is 0.400. The number of hydrogen-bond acceptors (Lipinski definition) is 8. The number of carboxylic acids is 2. The average molecular weight is 372 g/mol. The van der Waals surface area contributed by atoms with Crippen LogP contribution >= 0.6 is 0 Å². The van der Waals surface area contributed by atoms with Crippen molar-refractivity contribution in [1.29, 1.82) is 0 Å². The predicted molar refractivity (Wildman–Crippen MR) is 83.9 cm³/mol. The number of aliphatic hydroxyl groups is 3. The Morgan fingerprint density at radius 3 is 2.35 bits per heavy atom. The van der Waals surface area contributed by atoms with Gasteiger partial charge in [0.25, 0.3) is 0 Å². The number of carboxylic acid groups (broad SMARTS) is 2. The second-order valence-electron chi connectivity index (χ2n) is 5.73. The second kappa shape index (κ2) is 8.32. The first-order valence-electron chi connectivity index (χ1n) is 7.72. The highest BCUT2D eigenvalue weighted by atomic mass is 16.7. The summed E-state index contributed by atoms with van der Waals surface area (Å²) in [5.74, 6) is -2.21. The van der Waals surface area contributed by atoms with Crippen LogP contribution in [-0.4, -0.2) is 75.3 Å². The van der Waals surface area contributed by atoms with Crippen molar-refractivity contribution in [2.45, 2.75) is 43.5 Å². The van der Waals surface area contributed by atoms with Crippen molar-refractivity contribution < 1.29 is 49.3 Å². The van der Waals surface area contributed by atoms with Gasteiger partial charge in [-0.25, -0.2) is 4.79 Å². The minimum Gasteiger partial charge on any atom is -0.493 e. The predicted octanol–water partition coefficient (Wildman–Crippen LogP) is -1.02. The summed E-state index contributed by atoms with van der Waals surface area (Å²) in [4.78, 5) is 21.8. The van der Waals surface area contributed by atoms with Gasteiger partial charge in [-0.3, -0.25) is 4.79 Å². The van der Waals surface area contributed by atoms with E-state index in [-0.39, 0.29) is 24.3 Å². The fraction of sp³-hybridized carbons (Fsp3) is 0.500. The number of hydrogen-bond donors (Lipinski definition) is 5. The largest absolute Gasteiger partial charge is 0.493 e. The van der Waals surface area contributed by atoms with E-state index in [9.17, 15) is 24.9 Å². The van der Waals surface area contributed by atoms with E-state index in [1.807, 2.05) is 0 Å². The molecule has 1 aromatic rings. The van der Waals surface area contributed by atoms with Crippen LogP contribution in [0.5, 0.6) is 11.5 Å². The zero-order chi connectivity index (χ0) is 19.4. The lowest BCUT2D eigenvalue weighted by molar-refractivity contribution is -0.271. The molecule has 1 aliphatic heterocycles. The van der Waals surface area contributed by atoms with Crippen LogP contribution in [-0.2, 0) is 20.7 Å². The maximum atomic E-state index is 11.1. The van der Waals surface area contributed by atoms with E-state index in [0.717, 1.165) is 0 Å². The Hall–Kier alpha value is -2.40. The van der Waals surface area contributed by atoms with Crippen LogP contribution < -0.4 is 9.47 Å². The van der Waals surface area contributed by atoms with E-state index in [2.05, 4.69) is 0 Å². The van der Waals surface area contributed by atoms with Crippen molar-refractivity contribution in [1.82, 2.24) is 0 Å². The van der Waals surface area contributed by atoms with Crippen LogP contribution in [0.4, 0.5) is 0 Å². The first-order chi connectivity index (χ1) is 12.2. The Morgan fingerprint density at radius 1 is 1.08 bits per heavy atom. The molecule has 144 valence electrons. The van der Waals surface area contributed by atoms with Gasteiger partial charge in [-0.15, -0.1) is 0 Å². The van der Waals surface area contributed by atoms with Gasteiger partial charge >= 0.3 is 11.9 Å². The third-order valence-electron chi connectivity index (χ3n) is 3.91. The Labute approximate surface area is 148 Å². The maximum Gasteiger partial charge on any atom is 0.335 e. The van der Waals surface area contributed by atoms with Crippen LogP contribution in [0.15, 0.2) is 18.2 Å². The maximum absolute atomic E-state index is 11.1. The molecule has 1 saturated heterocycles. The Kier molecular flexibility index (Phi) is 6.37. The minimum atomic E-state index is -1.83. The summed E-state index contributed by atoms with van der Waals surface area (Å²) in [5.41, 5.74) is 0.601. The molecule has 0 spiro atoms. The summed E-state index contributed by atoms with van der Waals surface area (Å²) in [6.45, 7) is 0. The molecule has 0 aliphatic carbocycles. The molecule has 0 aromatic heterocycles. The Balaban J connectivity index is 2.23. The molecule has 3 unspecified atom stereocenters. The van der Waals surface area contributed by atoms with Gasteiger partial charge in [0.05, 0.1) is 7.11 Å². The molecule has 5 atom stereocenters. The van der Waals surface area contributed by atoms with Crippen LogP contribution in [0.3, 0.4) is 0 Å². The van der Waals surface area contributed by atoms with E-state index in [4.69, 9.17) is 24.4 Å². The number of ether oxygens (including phenoxy) is 3. The highest BCUT2D eigenvalue weighted by Crippen LogP contribution is 2.32. The van der Waals surface area contributed by atoms with Gasteiger partial charge in [-0.2, -0.15) is 0 Å². The highest BCUT2D eigenvalue weighted by Gasteiger charge is 2.48. The van der Waals surface area contributed by atoms with Gasteiger partial charge in [0, 0.05) is 6.42 Å². The molecule has 1 aliphatic rings. The zero-order valence-corrected chi connectivity index (χ0v) is 13.8. The Morgan fingerprint density at radius 2 is 1.77 bits per heavy atom. The summed E-state index contributed by atoms with van der Waals surface area (Å²) in [6.07, 6.45) is -8.61. The summed E-state index contributed by atoms with van der Waals surface area (Å²) in [7, 11) is 1.36. The van der Waals surface area contributed by atoms with Crippen molar-refractivity contribution in [2.75, 3.05) is 7.11 Å². The van der Waals surface area contributed by atoms with Crippen molar-refractivity contribution in [3.63, 3.8) is 0 Å². The molecule has 1 fully saturated rings. The normalized spacial score (nSPS) is 28.4. The van der Waals surface area contributed by atoms with Gasteiger partial charge in [-0.05, 0) is 24.1 Å². The van der Waals surface area contributed by atoms with Crippen molar-refractivity contribution in [3.8, 4) is 11.5 Å². The molecule has 1 aromatic carbocycles. The molecule has 1 heterocycles. The van der Waals surface area contributed by atoms with Crippen LogP contribution in [0.25, 0.3) is 0 Å². The standard InChI is InChI=1S/C16H20O10/c1-24-8-4-2-7(3-5-10(17)18)6-9(8)25-16-13(21)11(19)12(20)14(26-16)15(22)23/h2,4,6,11-14,16,19-21H,3,5H2,1H3,(H,17,18)(H,22,23)/t11?,12-,13?,14?,16+/m0/s1. The van der Waals surface area contributed by atoms with Crippen molar-refractivity contribution in [2.24, 2.45) is 0 Å². The first kappa shape index (κ1) is 19.9. The monoisotopic (exact) mass is 372 g/mol. The highest BCUT2D eigenvalue weighted by molar-refractivity contribution is 5.73. The molecule has 10 nitrogen and oxygen atoms in total. The van der Waals surface area contributed by atoms with Crippen LogP contribution in [0.2, 0.25) is 0 Å². The van der Waals surface area contributed by atoms with Crippen molar-refractivity contribution >= 4 is 11.9 Å². The second-order valence-corrected chi connectivity index (χ2v) is 5.73. The van der Waals surface area contributed by atoms with Crippen molar-refractivity contribution in [3.05, 3.63) is 23.8 Å². The smallest absolute Gasteiger partial charge is 0.335 e. The van der Waals surface area contributed by atoms with E-state index >= 15 is 0 Å². The lowest BCUT2D eigenvalue weighted by Gasteiger charge is -2.38. The molecule has 0 amide bonds. The average Bonchev–Trinajstić information content (AvgIpc) is 2.60. The lowest BCUT2D eigenvalue weighted by Crippen LogP contribution is -2.61. The number of benzene rings is 1. The third kappa shape index (κ3) is 4.41. The number of aliphatic carboxylic acids is 2. The lowest BCUT2D eigenvalue weighted by atomic mass is 9.99. The van der Waals surface area contributed by atoms with E-state index in [0.29, 0.717) is 5.56 Å². The number of aryl methyl sites for hydroxylation is 1. The summed E-state index contributed by atoms with van der Waals surface area (Å²) < 4.78 is 15.6. The van der Waals surface area contributed by atoms with E-state index < -0.39 is 42.6 Å². The van der Waals surface area contributed by atoms with E-state index in [1.54, 1.807) is 6.07 Å². The fourth-order valence-electron chi connectivity index (χ4n) is 2.49. The molecule has 0 saturated carbocycles. The first-order valence-corrected chi connectivity index (χ1v) is 7.72. The molecule has 0 radical (unpaired) electrons. The molecule has 10 heteroatoms. The summed E-state index contributed by atoms with van der Waals surface area (Å²) in [5, 5.41) is 47.3. The van der Waals surface area contributed by atoms with Gasteiger partial charge in [-0.1, -0.05) is 6.07 Å². The molecule has 5 N–H and O–H groups in total. The van der Waals surface area contributed by atoms with Gasteiger partial charge in [0.1, 0.15) is 18.3 Å². The topological polar surface area (TPSA) is 163 Å². The third-order valence-corrected chi connectivity index (χ3v) is 3.91. The fourth-order valence-corrected chi connectivity index (χ4v) is 2.49. The minimum absolute atomic E-state index is 0.0622. The SMILES string of the molecule is COc1ccc(CCC(=O)O)cc1O[C@@H]1OC(C(=O)O)[C@@H](O)C(O)C1O. The molecule has 2 rings (SSSR count). The summed E-state index contributed by atoms with van der Waals surface area (Å²) >= 11 is 0. The number of carbonyl (C=O) groups is 2. The number of aliphatic hydroxyl groups excluding tert-OH is 3. The zero-order valence-electron chi connectivity index (χ0n) is 13.8. The Bertz CT molecular complexity index is 660. The van der Waals surface area contributed by atoms with Gasteiger partial charge < -0.3 is 39.7 Å². The number of methoxy groups -OCH3 is 1.